The van der Waals surface area contributed by atoms with E-state index in [4.69, 9.17) is 4.52 Å². The zero-order valence-electron chi connectivity index (χ0n) is 17.1. The fourth-order valence-corrected chi connectivity index (χ4v) is 3.50. The van der Waals surface area contributed by atoms with E-state index in [1.807, 2.05) is 36.1 Å². The Kier molecular flexibility index (Phi) is 7.21. The average Bonchev–Trinajstić information content (AvgIpc) is 3.13. The number of hydrogen-bond donors (Lipinski definition) is 2. The summed E-state index contributed by atoms with van der Waals surface area (Å²) in [6.45, 7) is 5.81. The number of carbonyl (C=O) groups is 2. The smallest absolute Gasteiger partial charge is 0.319 e. The largest absolute Gasteiger partial charge is 0.342 e. The Balaban J connectivity index is 1.37. The van der Waals surface area contributed by atoms with E-state index in [0.717, 1.165) is 30.6 Å². The third-order valence-electron chi connectivity index (χ3n) is 5.08. The van der Waals surface area contributed by atoms with Crippen molar-refractivity contribution in [3.8, 4) is 0 Å². The van der Waals surface area contributed by atoms with Crippen LogP contribution in [0.5, 0.6) is 0 Å². The molecule has 156 valence electrons. The molecule has 1 fully saturated rings. The molecule has 2 heterocycles. The third-order valence-corrected chi connectivity index (χ3v) is 5.08. The first kappa shape index (κ1) is 20.8. The number of aryl methyl sites for hydroxylation is 3. The van der Waals surface area contributed by atoms with Crippen molar-refractivity contribution in [2.45, 2.75) is 46.0 Å². The van der Waals surface area contributed by atoms with Gasteiger partial charge >= 0.3 is 6.03 Å². The molecule has 8 heteroatoms. The van der Waals surface area contributed by atoms with Crippen LogP contribution in [0.2, 0.25) is 0 Å². The number of carbonyl (C=O) groups excluding carboxylic acids is 2. The molecule has 29 heavy (non-hydrogen) atoms. The predicted molar refractivity (Wildman–Crippen MR) is 109 cm³/mol. The van der Waals surface area contributed by atoms with Gasteiger partial charge in [-0.15, -0.1) is 0 Å². The summed E-state index contributed by atoms with van der Waals surface area (Å²) < 4.78 is 5.08. The fourth-order valence-electron chi connectivity index (χ4n) is 3.50. The van der Waals surface area contributed by atoms with Gasteiger partial charge in [0.2, 0.25) is 11.8 Å². The molecular formula is C21H29N5O3. The summed E-state index contributed by atoms with van der Waals surface area (Å²) in [5.41, 5.74) is 1.92. The molecule has 0 saturated carbocycles. The Labute approximate surface area is 171 Å². The maximum atomic E-state index is 12.5. The van der Waals surface area contributed by atoms with Crippen LogP contribution in [0.4, 0.5) is 10.5 Å². The van der Waals surface area contributed by atoms with Crippen molar-refractivity contribution in [2.24, 2.45) is 5.92 Å². The van der Waals surface area contributed by atoms with E-state index >= 15 is 0 Å². The molecule has 1 unspecified atom stereocenters. The summed E-state index contributed by atoms with van der Waals surface area (Å²) in [4.78, 5) is 30.7. The Morgan fingerprint density at radius 1 is 1.24 bits per heavy atom. The summed E-state index contributed by atoms with van der Waals surface area (Å²) in [6.07, 6.45) is 3.75. The number of amides is 3. The maximum Gasteiger partial charge on any atom is 0.319 e. The molecule has 1 atom stereocenters. The molecule has 0 radical (unpaired) electrons. The van der Waals surface area contributed by atoms with E-state index in [0.29, 0.717) is 44.1 Å². The summed E-state index contributed by atoms with van der Waals surface area (Å²) in [7, 11) is 0. The van der Waals surface area contributed by atoms with Crippen LogP contribution in [0.1, 0.15) is 43.0 Å². The van der Waals surface area contributed by atoms with Gasteiger partial charge in [-0.2, -0.15) is 4.98 Å². The number of benzene rings is 1. The molecular weight excluding hydrogens is 370 g/mol. The average molecular weight is 399 g/mol. The number of rotatable bonds is 7. The fraction of sp³-hybridized carbons (Fsp3) is 0.524. The van der Waals surface area contributed by atoms with E-state index in [1.54, 1.807) is 6.92 Å². The highest BCUT2D eigenvalue weighted by atomic mass is 16.5. The minimum Gasteiger partial charge on any atom is -0.342 e. The SMILES string of the molecule is Cc1ccc(NC(=O)NCC2CCCN(C(=O)CCCc3nc(C)no3)C2)cc1. The van der Waals surface area contributed by atoms with Gasteiger partial charge in [-0.1, -0.05) is 22.9 Å². The number of hydrogen-bond acceptors (Lipinski definition) is 5. The molecule has 8 nitrogen and oxygen atoms in total. The van der Waals surface area contributed by atoms with E-state index in [9.17, 15) is 9.59 Å². The van der Waals surface area contributed by atoms with Gasteiger partial charge in [0.1, 0.15) is 0 Å². The topological polar surface area (TPSA) is 100 Å². The summed E-state index contributed by atoms with van der Waals surface area (Å²) >= 11 is 0. The van der Waals surface area contributed by atoms with Gasteiger partial charge in [-0.3, -0.25) is 4.79 Å². The van der Waals surface area contributed by atoms with Crippen LogP contribution in [0.25, 0.3) is 0 Å². The molecule has 0 bridgehead atoms. The van der Waals surface area contributed by atoms with E-state index < -0.39 is 0 Å². The second kappa shape index (κ2) is 10.0. The molecule has 3 amide bonds. The van der Waals surface area contributed by atoms with Gasteiger partial charge in [-0.25, -0.2) is 4.79 Å². The molecule has 0 spiro atoms. The third kappa shape index (κ3) is 6.58. The maximum absolute atomic E-state index is 12.5. The van der Waals surface area contributed by atoms with Gasteiger partial charge in [0.05, 0.1) is 0 Å². The lowest BCUT2D eigenvalue weighted by molar-refractivity contribution is -0.133. The highest BCUT2D eigenvalue weighted by Gasteiger charge is 2.23. The number of likely N-dealkylation sites (tertiary alicyclic amines) is 1. The minimum atomic E-state index is -0.216. The minimum absolute atomic E-state index is 0.148. The molecule has 3 rings (SSSR count). The number of nitrogens with one attached hydrogen (secondary N) is 2. The number of piperidine rings is 1. The van der Waals surface area contributed by atoms with Gasteiger partial charge in [0.25, 0.3) is 0 Å². The lowest BCUT2D eigenvalue weighted by atomic mass is 9.97. The van der Waals surface area contributed by atoms with Crippen molar-refractivity contribution in [3.63, 3.8) is 0 Å². The van der Waals surface area contributed by atoms with Gasteiger partial charge in [0, 0.05) is 38.2 Å². The highest BCUT2D eigenvalue weighted by Crippen LogP contribution is 2.17. The Morgan fingerprint density at radius 3 is 2.76 bits per heavy atom. The first-order valence-electron chi connectivity index (χ1n) is 10.2. The van der Waals surface area contributed by atoms with Gasteiger partial charge in [-0.05, 0) is 51.2 Å². The number of aromatic nitrogens is 2. The quantitative estimate of drug-likeness (QED) is 0.745. The normalized spacial score (nSPS) is 16.5. The van der Waals surface area contributed by atoms with E-state index in [-0.39, 0.29) is 17.9 Å². The lowest BCUT2D eigenvalue weighted by Crippen LogP contribution is -2.44. The lowest BCUT2D eigenvalue weighted by Gasteiger charge is -2.33. The molecule has 1 aliphatic rings. The molecule has 2 N–H and O–H groups in total. The number of nitrogens with zero attached hydrogens (tertiary/aromatic N) is 3. The monoisotopic (exact) mass is 399 g/mol. The number of anilines is 1. The second-order valence-corrected chi connectivity index (χ2v) is 7.64. The first-order chi connectivity index (χ1) is 14.0. The van der Waals surface area contributed by atoms with E-state index in [2.05, 4.69) is 20.8 Å². The van der Waals surface area contributed by atoms with Crippen LogP contribution in [0.3, 0.4) is 0 Å². The van der Waals surface area contributed by atoms with Crippen molar-refractivity contribution in [1.29, 1.82) is 0 Å². The van der Waals surface area contributed by atoms with Crippen molar-refractivity contribution in [3.05, 3.63) is 41.5 Å². The van der Waals surface area contributed by atoms with Crippen LogP contribution >= 0.6 is 0 Å². The number of urea groups is 1. The first-order valence-corrected chi connectivity index (χ1v) is 10.2. The van der Waals surface area contributed by atoms with Crippen molar-refractivity contribution >= 4 is 17.6 Å². The Hall–Kier alpha value is -2.90. The molecule has 1 aliphatic heterocycles. The van der Waals surface area contributed by atoms with Crippen LogP contribution in [0, 0.1) is 19.8 Å². The van der Waals surface area contributed by atoms with Gasteiger partial charge in [0.15, 0.2) is 5.82 Å². The Morgan fingerprint density at radius 2 is 2.03 bits per heavy atom. The zero-order chi connectivity index (χ0) is 20.6. The molecule has 1 saturated heterocycles. The van der Waals surface area contributed by atoms with Crippen LogP contribution in [0.15, 0.2) is 28.8 Å². The highest BCUT2D eigenvalue weighted by molar-refractivity contribution is 5.89. The van der Waals surface area contributed by atoms with Crippen LogP contribution in [-0.4, -0.2) is 46.6 Å². The summed E-state index contributed by atoms with van der Waals surface area (Å²) in [5.74, 6) is 1.62. The predicted octanol–water partition coefficient (Wildman–Crippen LogP) is 3.07. The molecule has 2 aromatic rings. The zero-order valence-corrected chi connectivity index (χ0v) is 17.1. The molecule has 1 aromatic carbocycles. The van der Waals surface area contributed by atoms with Crippen molar-refractivity contribution < 1.29 is 14.1 Å². The Bertz CT molecular complexity index is 818. The molecule has 0 aliphatic carbocycles. The van der Waals surface area contributed by atoms with Crippen LogP contribution < -0.4 is 10.6 Å². The van der Waals surface area contributed by atoms with E-state index in [1.165, 1.54) is 0 Å². The van der Waals surface area contributed by atoms with Gasteiger partial charge < -0.3 is 20.1 Å². The summed E-state index contributed by atoms with van der Waals surface area (Å²) in [6, 6.07) is 7.46. The molecule has 1 aromatic heterocycles. The summed E-state index contributed by atoms with van der Waals surface area (Å²) in [5, 5.41) is 9.52. The van der Waals surface area contributed by atoms with Crippen molar-refractivity contribution in [1.82, 2.24) is 20.4 Å². The van der Waals surface area contributed by atoms with Crippen LogP contribution in [-0.2, 0) is 11.2 Å². The van der Waals surface area contributed by atoms with Crippen molar-refractivity contribution in [2.75, 3.05) is 25.0 Å². The second-order valence-electron chi connectivity index (χ2n) is 7.64. The standard InChI is InChI=1S/C21H29N5O3/c1-15-8-10-18(11-9-15)24-21(28)22-13-17-5-4-12-26(14-17)20(27)7-3-6-19-23-16(2)25-29-19/h8-11,17H,3-7,12-14H2,1-2H3,(H2,22,24,28).